The zero-order valence-electron chi connectivity index (χ0n) is 7.77. The Balaban J connectivity index is 2.77. The van der Waals surface area contributed by atoms with Crippen LogP contribution >= 0.6 is 0 Å². The van der Waals surface area contributed by atoms with Crippen molar-refractivity contribution in [3.63, 3.8) is 0 Å². The van der Waals surface area contributed by atoms with Crippen molar-refractivity contribution in [2.75, 3.05) is 12.0 Å². The number of hydrazine groups is 1. The van der Waals surface area contributed by atoms with Gasteiger partial charge < -0.3 is 5.43 Å². The highest BCUT2D eigenvalue weighted by Crippen LogP contribution is 2.07. The third-order valence-electron chi connectivity index (χ3n) is 1.60. The molecule has 1 aromatic carbocycles. The topological polar surface area (TPSA) is 73.2 Å². The lowest BCUT2D eigenvalue weighted by molar-refractivity contribution is 0.481. The van der Waals surface area contributed by atoms with Gasteiger partial charge in [-0.25, -0.2) is 0 Å². The Bertz CT molecular complexity index is 377. The average molecular weight is 214 g/mol. The largest absolute Gasteiger partial charge is 0.310 e. The molecule has 5 nitrogen and oxygen atoms in total. The van der Waals surface area contributed by atoms with Crippen LogP contribution in [0.2, 0.25) is 0 Å². The SMILES string of the molecule is CCN(Nc1ccccc1)S([NH])(=O)=O. The van der Waals surface area contributed by atoms with Gasteiger partial charge in [0.15, 0.2) is 0 Å². The fraction of sp³-hybridized carbons (Fsp3) is 0.250. The van der Waals surface area contributed by atoms with Crippen LogP contribution in [0.5, 0.6) is 0 Å². The quantitative estimate of drug-likeness (QED) is 0.755. The van der Waals surface area contributed by atoms with Crippen LogP contribution in [-0.4, -0.2) is 19.4 Å². The van der Waals surface area contributed by atoms with E-state index in [-0.39, 0.29) is 6.54 Å². The number of hydrogen-bond donors (Lipinski definition) is 1. The Morgan fingerprint density at radius 2 is 1.93 bits per heavy atom. The summed E-state index contributed by atoms with van der Waals surface area (Å²) in [6.07, 6.45) is 0. The molecular formula is C8H12N3O2S. The molecule has 0 amide bonds. The zero-order valence-corrected chi connectivity index (χ0v) is 8.58. The molecule has 0 unspecified atom stereocenters. The molecule has 0 aromatic heterocycles. The summed E-state index contributed by atoms with van der Waals surface area (Å²) in [5.41, 5.74) is 3.27. The Morgan fingerprint density at radius 1 is 1.36 bits per heavy atom. The summed E-state index contributed by atoms with van der Waals surface area (Å²) in [5.74, 6) is 0. The maximum atomic E-state index is 10.9. The van der Waals surface area contributed by atoms with Crippen LogP contribution in [0, 0.1) is 0 Å². The second-order valence-corrected chi connectivity index (χ2v) is 4.04. The monoisotopic (exact) mass is 214 g/mol. The minimum Gasteiger partial charge on any atom is -0.305 e. The van der Waals surface area contributed by atoms with Crippen LogP contribution in [0.15, 0.2) is 30.3 Å². The lowest BCUT2D eigenvalue weighted by Gasteiger charge is -2.18. The summed E-state index contributed by atoms with van der Waals surface area (Å²) in [5, 5.41) is 6.87. The van der Waals surface area contributed by atoms with Gasteiger partial charge in [-0.05, 0) is 19.1 Å². The highest BCUT2D eigenvalue weighted by Gasteiger charge is 2.14. The van der Waals surface area contributed by atoms with Crippen LogP contribution in [0.3, 0.4) is 0 Å². The van der Waals surface area contributed by atoms with E-state index >= 15 is 0 Å². The van der Waals surface area contributed by atoms with Crippen LogP contribution in [0.4, 0.5) is 5.69 Å². The van der Waals surface area contributed by atoms with Gasteiger partial charge in [-0.3, -0.25) is 0 Å². The molecule has 14 heavy (non-hydrogen) atoms. The Labute approximate surface area is 83.7 Å². The lowest BCUT2D eigenvalue weighted by atomic mass is 10.3. The predicted molar refractivity (Wildman–Crippen MR) is 54.5 cm³/mol. The van der Waals surface area contributed by atoms with E-state index in [4.69, 9.17) is 5.14 Å². The summed E-state index contributed by atoms with van der Waals surface area (Å²) < 4.78 is 22.7. The maximum Gasteiger partial charge on any atom is 0.310 e. The van der Waals surface area contributed by atoms with Gasteiger partial charge in [0.25, 0.3) is 0 Å². The summed E-state index contributed by atoms with van der Waals surface area (Å²) in [4.78, 5) is 0. The first-order valence-corrected chi connectivity index (χ1v) is 5.57. The Morgan fingerprint density at radius 3 is 2.36 bits per heavy atom. The van der Waals surface area contributed by atoms with E-state index in [1.807, 2.05) is 6.07 Å². The van der Waals surface area contributed by atoms with E-state index in [1.54, 1.807) is 31.2 Å². The molecule has 0 heterocycles. The van der Waals surface area contributed by atoms with Crippen LogP contribution in [0.25, 0.3) is 0 Å². The second-order valence-electron chi connectivity index (χ2n) is 2.65. The first-order valence-electron chi connectivity index (χ1n) is 4.13. The molecular weight excluding hydrogens is 202 g/mol. The minimum absolute atomic E-state index is 0.209. The van der Waals surface area contributed by atoms with E-state index in [1.165, 1.54) is 0 Å². The first kappa shape index (κ1) is 11.0. The number of hydrogen-bond acceptors (Lipinski definition) is 3. The summed E-state index contributed by atoms with van der Waals surface area (Å²) in [7, 11) is -3.94. The molecule has 0 bridgehead atoms. The molecule has 6 heteroatoms. The van der Waals surface area contributed by atoms with Gasteiger partial charge in [-0.2, -0.15) is 8.42 Å². The fourth-order valence-corrected chi connectivity index (χ4v) is 1.53. The maximum absolute atomic E-state index is 10.9. The normalized spacial score (nSPS) is 11.6. The number of benzene rings is 1. The van der Waals surface area contributed by atoms with Crippen molar-refractivity contribution in [1.82, 2.24) is 9.55 Å². The van der Waals surface area contributed by atoms with Gasteiger partial charge in [0.1, 0.15) is 0 Å². The molecule has 2 N–H and O–H groups in total. The van der Waals surface area contributed by atoms with Crippen molar-refractivity contribution in [2.24, 2.45) is 0 Å². The molecule has 0 saturated carbocycles. The molecule has 0 aliphatic heterocycles. The molecule has 1 rings (SSSR count). The fourth-order valence-electron chi connectivity index (χ4n) is 0.966. The zero-order chi connectivity index (χ0) is 10.6. The highest BCUT2D eigenvalue weighted by molar-refractivity contribution is 7.86. The van der Waals surface area contributed by atoms with Crippen molar-refractivity contribution >= 4 is 15.9 Å². The lowest BCUT2D eigenvalue weighted by Crippen LogP contribution is -2.36. The van der Waals surface area contributed by atoms with Gasteiger partial charge in [-0.15, -0.1) is 9.55 Å². The van der Waals surface area contributed by atoms with E-state index in [2.05, 4.69) is 5.43 Å². The molecule has 1 radical (unpaired) electrons. The number of nitrogens with one attached hydrogen (secondary N) is 2. The van der Waals surface area contributed by atoms with Crippen molar-refractivity contribution < 1.29 is 8.42 Å². The van der Waals surface area contributed by atoms with Gasteiger partial charge >= 0.3 is 10.2 Å². The summed E-state index contributed by atoms with van der Waals surface area (Å²) >= 11 is 0. The third-order valence-corrected chi connectivity index (χ3v) is 2.53. The minimum atomic E-state index is -3.94. The first-order chi connectivity index (χ1) is 6.54. The van der Waals surface area contributed by atoms with Crippen molar-refractivity contribution in [3.8, 4) is 0 Å². The van der Waals surface area contributed by atoms with Crippen LogP contribution in [0.1, 0.15) is 6.92 Å². The molecule has 0 aliphatic carbocycles. The van der Waals surface area contributed by atoms with Crippen molar-refractivity contribution in [2.45, 2.75) is 6.92 Å². The molecule has 0 saturated heterocycles. The smallest absolute Gasteiger partial charge is 0.305 e. The number of rotatable bonds is 4. The van der Waals surface area contributed by atoms with E-state index in [0.717, 1.165) is 4.41 Å². The molecule has 77 valence electrons. The number of nitrogens with zero attached hydrogens (tertiary/aromatic N) is 1. The second kappa shape index (κ2) is 4.41. The van der Waals surface area contributed by atoms with Crippen LogP contribution < -0.4 is 10.6 Å². The Hall–Kier alpha value is -1.11. The van der Waals surface area contributed by atoms with E-state index in [0.29, 0.717) is 5.69 Å². The standard InChI is InChI=1S/C8H12N3O2S/c1-2-11(14(9,12)13)10-8-6-4-3-5-7-8/h3-7,9-10H,2H2,1H3. The van der Waals surface area contributed by atoms with Gasteiger partial charge in [0.05, 0.1) is 5.69 Å². The predicted octanol–water partition coefficient (Wildman–Crippen LogP) is 0.863. The van der Waals surface area contributed by atoms with E-state index in [9.17, 15) is 8.42 Å². The summed E-state index contributed by atoms with van der Waals surface area (Å²) in [6.45, 7) is 1.86. The molecule has 0 aliphatic rings. The van der Waals surface area contributed by atoms with Crippen LogP contribution in [-0.2, 0) is 10.2 Å². The molecule has 1 aromatic rings. The van der Waals surface area contributed by atoms with Gasteiger partial charge in [0, 0.05) is 6.54 Å². The average Bonchev–Trinajstić information content (AvgIpc) is 2.14. The molecule has 0 spiro atoms. The number of anilines is 1. The summed E-state index contributed by atoms with van der Waals surface area (Å²) in [6, 6.07) is 8.86. The molecule has 0 atom stereocenters. The van der Waals surface area contributed by atoms with Crippen molar-refractivity contribution in [1.29, 1.82) is 0 Å². The number of para-hydroxylation sites is 1. The highest BCUT2D eigenvalue weighted by atomic mass is 32.2. The Kier molecular flexibility index (Phi) is 3.45. The van der Waals surface area contributed by atoms with Crippen molar-refractivity contribution in [3.05, 3.63) is 30.3 Å². The molecule has 0 fully saturated rings. The van der Waals surface area contributed by atoms with E-state index < -0.39 is 10.2 Å². The third kappa shape index (κ3) is 2.99. The van der Waals surface area contributed by atoms with Gasteiger partial charge in [-0.1, -0.05) is 18.2 Å². The van der Waals surface area contributed by atoms with Gasteiger partial charge in [0.2, 0.25) is 0 Å².